The fourth-order valence-electron chi connectivity index (χ4n) is 1.80. The van der Waals surface area contributed by atoms with Gasteiger partial charge in [-0.2, -0.15) is 41.7 Å². The number of nitrogens with one attached hydrogen (secondary N) is 2. The third-order valence-electron chi connectivity index (χ3n) is 2.96. The van der Waals surface area contributed by atoms with Crippen molar-refractivity contribution in [1.29, 1.82) is 0 Å². The summed E-state index contributed by atoms with van der Waals surface area (Å²) in [5, 5.41) is 5.51. The Morgan fingerprint density at radius 3 is 1.86 bits per heavy atom. The van der Waals surface area contributed by atoms with Gasteiger partial charge < -0.3 is 16.4 Å². The van der Waals surface area contributed by atoms with Gasteiger partial charge in [0.25, 0.3) is 0 Å². The van der Waals surface area contributed by atoms with E-state index in [2.05, 4.69) is 40.5 Å². The van der Waals surface area contributed by atoms with Gasteiger partial charge in [-0.1, -0.05) is 0 Å². The molecule has 1 amide bonds. The van der Waals surface area contributed by atoms with Crippen LogP contribution in [0.1, 0.15) is 0 Å². The molecule has 0 saturated carbocycles. The summed E-state index contributed by atoms with van der Waals surface area (Å²) in [6.45, 7) is 1.000. The average Bonchev–Trinajstić information content (AvgIpc) is 2.67. The third kappa shape index (κ3) is 9.53. The van der Waals surface area contributed by atoms with Crippen molar-refractivity contribution >= 4 is 87.7 Å². The Bertz CT molecular complexity index is 816. The molecule has 1 atom stereocenters. The van der Waals surface area contributed by atoms with Gasteiger partial charge in [0.05, 0.1) is 5.25 Å². The van der Waals surface area contributed by atoms with Gasteiger partial charge in [-0.15, -0.1) is 11.8 Å². The van der Waals surface area contributed by atoms with Crippen LogP contribution in [0.3, 0.4) is 0 Å². The Balaban J connectivity index is 1.70. The van der Waals surface area contributed by atoms with Crippen molar-refractivity contribution in [2.45, 2.75) is 5.25 Å². The van der Waals surface area contributed by atoms with Crippen molar-refractivity contribution in [2.24, 2.45) is 5.73 Å². The summed E-state index contributed by atoms with van der Waals surface area (Å²) in [5.74, 6) is 1.91. The standard InChI is InChI=1S/C13H15Cl4N9OS2/c14-8-21-9(15)24-12(23-8)19-1-3-28-5-6(7(18)27)29-4-2-20-13-25-10(16)22-11(17)26-13/h6H,1-5H2,(H2,18,27)(H,19,21,23,24)(H,20,22,25,26)/i/hD. The van der Waals surface area contributed by atoms with E-state index in [9.17, 15) is 4.79 Å². The van der Waals surface area contributed by atoms with E-state index in [1.807, 2.05) is 5.73 Å². The highest BCUT2D eigenvalue weighted by Crippen LogP contribution is 2.17. The Morgan fingerprint density at radius 2 is 1.38 bits per heavy atom. The molecule has 2 rings (SSSR count). The van der Waals surface area contributed by atoms with Gasteiger partial charge >= 0.3 is 0 Å². The monoisotopic (exact) mass is 518 g/mol. The Morgan fingerprint density at radius 1 is 0.897 bits per heavy atom. The van der Waals surface area contributed by atoms with E-state index in [1.165, 1.54) is 23.5 Å². The van der Waals surface area contributed by atoms with Crippen LogP contribution in [0.4, 0.5) is 11.9 Å². The first kappa shape index (κ1) is 22.6. The van der Waals surface area contributed by atoms with E-state index < -0.39 is 5.25 Å². The molecule has 2 aromatic rings. The van der Waals surface area contributed by atoms with Gasteiger partial charge in [-0.25, -0.2) is 0 Å². The van der Waals surface area contributed by atoms with Crippen LogP contribution in [0, 0.1) is 0 Å². The van der Waals surface area contributed by atoms with Crippen LogP contribution in [0.2, 0.25) is 22.5 Å². The maximum absolute atomic E-state index is 11.9. The van der Waals surface area contributed by atoms with Crippen LogP contribution in [-0.2, 0) is 4.79 Å². The molecule has 0 fully saturated rings. The normalized spacial score (nSPS) is 12.2. The molecular formula is C13H15Cl4N9OS2. The first-order valence-electron chi connectivity index (χ1n) is 8.40. The van der Waals surface area contributed by atoms with Gasteiger partial charge in [0.15, 0.2) is 1.41 Å². The minimum Gasteiger partial charge on any atom is -0.369 e. The summed E-state index contributed by atoms with van der Waals surface area (Å²) in [4.78, 5) is 34.8. The summed E-state index contributed by atoms with van der Waals surface area (Å²) >= 11 is 25.8. The second-order valence-electron chi connectivity index (χ2n) is 5.05. The Kier molecular flexibility index (Phi) is 9.83. The zero-order valence-electron chi connectivity index (χ0n) is 15.5. The van der Waals surface area contributed by atoms with Crippen LogP contribution in [0.5, 0.6) is 0 Å². The third-order valence-corrected chi connectivity index (χ3v) is 6.13. The maximum atomic E-state index is 11.9. The van der Waals surface area contributed by atoms with Crippen LogP contribution >= 0.6 is 69.9 Å². The Labute approximate surface area is 196 Å². The fourth-order valence-corrected chi connectivity index (χ4v) is 4.63. The number of hydrogen-bond acceptors (Lipinski definition) is 11. The van der Waals surface area contributed by atoms with Crippen molar-refractivity contribution < 1.29 is 6.21 Å². The number of hydrogen-bond donors (Lipinski definition) is 3. The molecule has 0 bridgehead atoms. The molecule has 0 aromatic carbocycles. The number of primary amides is 1. The second kappa shape index (κ2) is 12.6. The number of aromatic nitrogens is 6. The Hall–Kier alpha value is -1.05. The van der Waals surface area contributed by atoms with Gasteiger partial charge in [0.2, 0.25) is 38.9 Å². The zero-order chi connectivity index (χ0) is 21.9. The molecule has 29 heavy (non-hydrogen) atoms. The highest BCUT2D eigenvalue weighted by Gasteiger charge is 2.15. The molecule has 16 heteroatoms. The van der Waals surface area contributed by atoms with Crippen molar-refractivity contribution in [3.63, 3.8) is 0 Å². The van der Waals surface area contributed by atoms with Crippen LogP contribution in [0.15, 0.2) is 0 Å². The van der Waals surface area contributed by atoms with Crippen molar-refractivity contribution in [3.05, 3.63) is 21.1 Å². The van der Waals surface area contributed by atoms with E-state index in [0.717, 1.165) is 0 Å². The highest BCUT2D eigenvalue weighted by molar-refractivity contribution is 8.03. The van der Waals surface area contributed by atoms with Gasteiger partial charge in [-0.3, -0.25) is 4.79 Å². The highest BCUT2D eigenvalue weighted by atomic mass is 35.5. The van der Waals surface area contributed by atoms with E-state index in [1.54, 1.807) is 0 Å². The molecule has 10 nitrogen and oxygen atoms in total. The van der Waals surface area contributed by atoms with E-state index >= 15 is 0 Å². The molecule has 0 aliphatic heterocycles. The van der Waals surface area contributed by atoms with E-state index in [0.29, 0.717) is 30.3 Å². The predicted octanol–water partition coefficient (Wildman–Crippen LogP) is 2.51. The number of nitrogens with zero attached hydrogens (tertiary/aromatic N) is 6. The predicted molar refractivity (Wildman–Crippen MR) is 119 cm³/mol. The van der Waals surface area contributed by atoms with Gasteiger partial charge in [-0.05, 0) is 46.4 Å². The summed E-state index contributed by atoms with van der Waals surface area (Å²) in [7, 11) is 0. The first-order chi connectivity index (χ1) is 14.4. The molecule has 0 saturated heterocycles. The zero-order valence-corrected chi connectivity index (χ0v) is 19.2. The fraction of sp³-hybridized carbons (Fsp3) is 0.462. The largest absolute Gasteiger partial charge is 0.369 e. The number of amides is 1. The lowest BCUT2D eigenvalue weighted by Crippen LogP contribution is -2.29. The van der Waals surface area contributed by atoms with E-state index in [-0.39, 0.29) is 38.9 Å². The lowest BCUT2D eigenvalue weighted by atomic mass is 10.5. The topological polar surface area (TPSA) is 144 Å². The minimum atomic E-state index is -0.402. The number of carbonyl (C=O) groups excluding carboxylic acids is 1. The second-order valence-corrected chi connectivity index (χ2v) is 8.86. The first-order valence-corrected chi connectivity index (χ1v) is 11.6. The molecular weight excluding hydrogens is 504 g/mol. The summed E-state index contributed by atoms with van der Waals surface area (Å²) in [6.07, 6.45) is 0. The number of halogens is 4. The number of nitrogens with two attached hydrogens (primary N) is 1. The SMILES string of the molecule is [2H]NC(=O)C(CSCCNc1nc(Cl)nc(Cl)n1)SCCNc1nc(Cl)nc(Cl)n1. The molecule has 0 aliphatic rings. The van der Waals surface area contributed by atoms with Gasteiger partial charge in [0, 0.05) is 30.3 Å². The number of rotatable bonds is 12. The number of carbonyl (C=O) groups is 1. The summed E-state index contributed by atoms with van der Waals surface area (Å²) in [6, 6.07) is 0. The van der Waals surface area contributed by atoms with Crippen molar-refractivity contribution in [3.8, 4) is 0 Å². The maximum Gasteiger partial charge on any atom is 0.231 e. The quantitative estimate of drug-likeness (QED) is 0.355. The summed E-state index contributed by atoms with van der Waals surface area (Å²) < 4.78 is 7.12. The van der Waals surface area contributed by atoms with E-state index in [4.69, 9.17) is 47.8 Å². The lowest BCUT2D eigenvalue weighted by molar-refractivity contribution is -0.117. The molecule has 2 aromatic heterocycles. The molecule has 0 aliphatic carbocycles. The molecule has 0 spiro atoms. The minimum absolute atomic E-state index is 0.00375. The van der Waals surface area contributed by atoms with Crippen molar-refractivity contribution in [1.82, 2.24) is 29.9 Å². The smallest absolute Gasteiger partial charge is 0.231 e. The van der Waals surface area contributed by atoms with Crippen molar-refractivity contribution in [2.75, 3.05) is 41.0 Å². The number of thioether (sulfide) groups is 2. The molecule has 0 radical (unpaired) electrons. The van der Waals surface area contributed by atoms with Crippen LogP contribution in [-0.4, -0.2) is 71.4 Å². The van der Waals surface area contributed by atoms with Gasteiger partial charge in [0.1, 0.15) is 0 Å². The molecule has 2 heterocycles. The van der Waals surface area contributed by atoms with Crippen LogP contribution < -0.4 is 16.4 Å². The number of anilines is 2. The lowest BCUT2D eigenvalue weighted by Gasteiger charge is -2.13. The molecule has 158 valence electrons. The summed E-state index contributed by atoms with van der Waals surface area (Å²) in [5.41, 5.74) is 1.93. The van der Waals surface area contributed by atoms with Crippen LogP contribution in [0.25, 0.3) is 0 Å². The average molecular weight is 520 g/mol. The molecule has 1 unspecified atom stereocenters. The molecule has 4 N–H and O–H groups in total.